The molecule has 0 aliphatic heterocycles. The Bertz CT molecular complexity index is 1210. The molecule has 1 fully saturated rings. The molecular weight excluding hydrogens is 494 g/mol. The van der Waals surface area contributed by atoms with E-state index in [4.69, 9.17) is 14.3 Å². The number of nitrogens with zero attached hydrogens (tertiary/aromatic N) is 2. The SMILES string of the molecule is O=C(O)CCCC/C=C(\c1ccc(-c2nc(C(=O)NCCCOC3CCCCC3)co2)cc1)c1cccnc1. The highest BCUT2D eigenvalue weighted by molar-refractivity contribution is 5.92. The number of carboxylic acid groups (broad SMARTS) is 1. The number of aliphatic carboxylic acids is 1. The number of nitrogens with one attached hydrogen (secondary N) is 1. The number of aromatic nitrogens is 2. The molecule has 1 aliphatic carbocycles. The normalized spacial score (nSPS) is 14.3. The first-order chi connectivity index (χ1) is 19.1. The van der Waals surface area contributed by atoms with Gasteiger partial charge in [0.15, 0.2) is 5.69 Å². The number of oxazole rings is 1. The zero-order chi connectivity index (χ0) is 27.3. The van der Waals surface area contributed by atoms with E-state index in [2.05, 4.69) is 21.4 Å². The monoisotopic (exact) mass is 531 g/mol. The van der Waals surface area contributed by atoms with E-state index in [-0.39, 0.29) is 18.0 Å². The molecule has 8 heteroatoms. The van der Waals surface area contributed by atoms with Crippen LogP contribution in [0.2, 0.25) is 0 Å². The molecule has 4 rings (SSSR count). The van der Waals surface area contributed by atoms with Gasteiger partial charge >= 0.3 is 5.97 Å². The Morgan fingerprint density at radius 1 is 1.05 bits per heavy atom. The Balaban J connectivity index is 1.32. The summed E-state index contributed by atoms with van der Waals surface area (Å²) in [5.74, 6) is -0.648. The maximum absolute atomic E-state index is 12.5. The zero-order valence-corrected chi connectivity index (χ0v) is 22.3. The number of hydrogen-bond donors (Lipinski definition) is 2. The molecule has 2 aromatic heterocycles. The van der Waals surface area contributed by atoms with Gasteiger partial charge in [0, 0.05) is 43.1 Å². The largest absolute Gasteiger partial charge is 0.481 e. The molecule has 1 aliphatic rings. The number of carbonyl (C=O) groups is 2. The minimum atomic E-state index is -0.770. The number of amides is 1. The van der Waals surface area contributed by atoms with Gasteiger partial charge in [-0.1, -0.05) is 43.5 Å². The van der Waals surface area contributed by atoms with Crippen molar-refractivity contribution in [2.75, 3.05) is 13.2 Å². The van der Waals surface area contributed by atoms with E-state index < -0.39 is 5.97 Å². The van der Waals surface area contributed by atoms with Gasteiger partial charge in [0.05, 0.1) is 6.10 Å². The van der Waals surface area contributed by atoms with Gasteiger partial charge in [-0.15, -0.1) is 0 Å². The highest BCUT2D eigenvalue weighted by Gasteiger charge is 2.15. The van der Waals surface area contributed by atoms with Gasteiger partial charge in [0.25, 0.3) is 5.91 Å². The molecule has 0 unspecified atom stereocenters. The van der Waals surface area contributed by atoms with Crippen LogP contribution in [0.3, 0.4) is 0 Å². The molecule has 3 aromatic rings. The summed E-state index contributed by atoms with van der Waals surface area (Å²) in [5, 5.41) is 11.8. The fourth-order valence-corrected chi connectivity index (χ4v) is 4.74. The average Bonchev–Trinajstić information content (AvgIpc) is 3.46. The summed E-state index contributed by atoms with van der Waals surface area (Å²) < 4.78 is 11.5. The Hall–Kier alpha value is -3.78. The molecule has 2 heterocycles. The minimum Gasteiger partial charge on any atom is -0.481 e. The fourth-order valence-electron chi connectivity index (χ4n) is 4.74. The van der Waals surface area contributed by atoms with Crippen molar-refractivity contribution < 1.29 is 23.8 Å². The van der Waals surface area contributed by atoms with Crippen LogP contribution >= 0.6 is 0 Å². The molecule has 206 valence electrons. The lowest BCUT2D eigenvalue weighted by atomic mass is 9.96. The molecule has 1 aromatic carbocycles. The van der Waals surface area contributed by atoms with E-state index in [1.54, 1.807) is 6.20 Å². The highest BCUT2D eigenvalue weighted by Crippen LogP contribution is 2.27. The van der Waals surface area contributed by atoms with Crippen molar-refractivity contribution in [3.8, 4) is 11.5 Å². The third kappa shape index (κ3) is 8.89. The van der Waals surface area contributed by atoms with Crippen LogP contribution in [0.1, 0.15) is 85.8 Å². The lowest BCUT2D eigenvalue weighted by Crippen LogP contribution is -2.26. The zero-order valence-electron chi connectivity index (χ0n) is 22.3. The van der Waals surface area contributed by atoms with Crippen LogP contribution in [-0.2, 0) is 9.53 Å². The smallest absolute Gasteiger partial charge is 0.303 e. The van der Waals surface area contributed by atoms with Crippen LogP contribution in [0.25, 0.3) is 17.0 Å². The lowest BCUT2D eigenvalue weighted by molar-refractivity contribution is -0.137. The van der Waals surface area contributed by atoms with E-state index >= 15 is 0 Å². The maximum Gasteiger partial charge on any atom is 0.303 e. The van der Waals surface area contributed by atoms with E-state index in [1.165, 1.54) is 25.5 Å². The van der Waals surface area contributed by atoms with Gasteiger partial charge in [0.2, 0.25) is 5.89 Å². The number of benzene rings is 1. The van der Waals surface area contributed by atoms with Crippen molar-refractivity contribution in [1.29, 1.82) is 0 Å². The first-order valence-corrected chi connectivity index (χ1v) is 13.9. The van der Waals surface area contributed by atoms with E-state index in [9.17, 15) is 9.59 Å². The van der Waals surface area contributed by atoms with Crippen LogP contribution in [-0.4, -0.2) is 46.2 Å². The molecule has 8 nitrogen and oxygen atoms in total. The quantitative estimate of drug-likeness (QED) is 0.235. The van der Waals surface area contributed by atoms with Crippen LogP contribution < -0.4 is 5.32 Å². The molecular formula is C31H37N3O5. The predicted molar refractivity (Wildman–Crippen MR) is 149 cm³/mol. The Morgan fingerprint density at radius 3 is 2.62 bits per heavy atom. The van der Waals surface area contributed by atoms with Crippen molar-refractivity contribution in [3.63, 3.8) is 0 Å². The van der Waals surface area contributed by atoms with Crippen LogP contribution in [0.15, 0.2) is 65.5 Å². The number of unbranched alkanes of at least 4 members (excludes halogenated alkanes) is 2. The second-order valence-electron chi connectivity index (χ2n) is 9.85. The molecule has 0 atom stereocenters. The topological polar surface area (TPSA) is 115 Å². The van der Waals surface area contributed by atoms with E-state index in [0.717, 1.165) is 54.4 Å². The summed E-state index contributed by atoms with van der Waals surface area (Å²) in [4.78, 5) is 31.9. The number of carboxylic acids is 1. The summed E-state index contributed by atoms with van der Waals surface area (Å²) in [7, 11) is 0. The molecule has 39 heavy (non-hydrogen) atoms. The van der Waals surface area contributed by atoms with E-state index in [1.807, 2.05) is 42.6 Å². The van der Waals surface area contributed by atoms with Crippen LogP contribution in [0.5, 0.6) is 0 Å². The number of ether oxygens (including phenoxy) is 1. The second-order valence-corrected chi connectivity index (χ2v) is 9.85. The van der Waals surface area contributed by atoms with Crippen LogP contribution in [0.4, 0.5) is 0 Å². The summed E-state index contributed by atoms with van der Waals surface area (Å²) in [6.45, 7) is 1.18. The minimum absolute atomic E-state index is 0.176. The summed E-state index contributed by atoms with van der Waals surface area (Å²) in [6.07, 6.45) is 16.7. The van der Waals surface area contributed by atoms with Gasteiger partial charge < -0.3 is 19.6 Å². The van der Waals surface area contributed by atoms with Crippen molar-refractivity contribution in [3.05, 3.63) is 78.0 Å². The number of rotatable bonds is 14. The van der Waals surface area contributed by atoms with Crippen molar-refractivity contribution in [2.45, 2.75) is 70.3 Å². The predicted octanol–water partition coefficient (Wildman–Crippen LogP) is 6.28. The molecule has 0 spiro atoms. The van der Waals surface area contributed by atoms with Crippen LogP contribution in [0, 0.1) is 0 Å². The Kier molecular flexibility index (Phi) is 10.8. The molecule has 1 amide bonds. The first kappa shape index (κ1) is 28.2. The summed E-state index contributed by atoms with van der Waals surface area (Å²) in [6, 6.07) is 11.7. The first-order valence-electron chi connectivity index (χ1n) is 13.9. The third-order valence-corrected chi connectivity index (χ3v) is 6.86. The van der Waals surface area contributed by atoms with Crippen molar-refractivity contribution >= 4 is 17.4 Å². The Labute approximate surface area is 229 Å². The van der Waals surface area contributed by atoms with Crippen molar-refractivity contribution in [2.24, 2.45) is 0 Å². The van der Waals surface area contributed by atoms with Gasteiger partial charge in [-0.25, -0.2) is 4.98 Å². The van der Waals surface area contributed by atoms with Crippen molar-refractivity contribution in [1.82, 2.24) is 15.3 Å². The average molecular weight is 532 g/mol. The Morgan fingerprint density at radius 2 is 1.87 bits per heavy atom. The molecule has 0 bridgehead atoms. The number of carbonyl (C=O) groups excluding carboxylic acids is 1. The molecule has 0 saturated heterocycles. The number of allylic oxidation sites excluding steroid dienone is 1. The van der Waals surface area contributed by atoms with Gasteiger partial charge in [-0.05, 0) is 67.9 Å². The maximum atomic E-state index is 12.5. The second kappa shape index (κ2) is 15.0. The van der Waals surface area contributed by atoms with E-state index in [0.29, 0.717) is 31.6 Å². The molecule has 1 saturated carbocycles. The fraction of sp³-hybridized carbons (Fsp3) is 0.419. The van der Waals surface area contributed by atoms with Gasteiger partial charge in [-0.2, -0.15) is 0 Å². The summed E-state index contributed by atoms with van der Waals surface area (Å²) in [5.41, 5.74) is 4.04. The lowest BCUT2D eigenvalue weighted by Gasteiger charge is -2.21. The molecule has 0 radical (unpaired) electrons. The third-order valence-electron chi connectivity index (χ3n) is 6.86. The number of pyridine rings is 1. The van der Waals surface area contributed by atoms with Gasteiger partial charge in [-0.3, -0.25) is 14.6 Å². The highest BCUT2D eigenvalue weighted by atomic mass is 16.5. The number of hydrogen-bond acceptors (Lipinski definition) is 6. The standard InChI is InChI=1S/C31H37N3O5/c35-29(36)13-6-2-5-12-27(25-9-7-18-32-21-25)23-14-16-24(17-15-23)31-34-28(22-39-31)30(37)33-19-8-20-38-26-10-3-1-4-11-26/h7,9,12,14-18,21-22,26H,1-6,8,10-11,13,19-20H2,(H,33,37)(H,35,36)/b27-12+. The van der Waals surface area contributed by atoms with Gasteiger partial charge in [0.1, 0.15) is 6.26 Å². The summed E-state index contributed by atoms with van der Waals surface area (Å²) >= 11 is 0. The molecule has 2 N–H and O–H groups in total.